The average molecular weight is 263 g/mol. The Morgan fingerprint density at radius 1 is 1.15 bits per heavy atom. The third-order valence-electron chi connectivity index (χ3n) is 3.26. The molecule has 0 unspecified atom stereocenters. The second kappa shape index (κ2) is 5.10. The molecule has 2 aromatic rings. The van der Waals surface area contributed by atoms with E-state index in [4.69, 9.17) is 9.47 Å². The van der Waals surface area contributed by atoms with Crippen molar-refractivity contribution in [1.29, 1.82) is 5.26 Å². The Morgan fingerprint density at radius 3 is 2.75 bits per heavy atom. The van der Waals surface area contributed by atoms with Gasteiger partial charge in [-0.25, -0.2) is 0 Å². The summed E-state index contributed by atoms with van der Waals surface area (Å²) in [4.78, 5) is 0. The number of ether oxygens (including phenoxy) is 2. The van der Waals surface area contributed by atoms with Crippen LogP contribution in [0.1, 0.15) is 16.7 Å². The minimum Gasteiger partial charge on any atom is -0.454 e. The van der Waals surface area contributed by atoms with Crippen LogP contribution in [0.25, 0.3) is 11.6 Å². The first-order chi connectivity index (χ1) is 9.78. The molecule has 20 heavy (non-hydrogen) atoms. The van der Waals surface area contributed by atoms with E-state index in [1.165, 1.54) is 0 Å². The van der Waals surface area contributed by atoms with Gasteiger partial charge >= 0.3 is 0 Å². The molecule has 0 radical (unpaired) electrons. The highest BCUT2D eigenvalue weighted by atomic mass is 16.7. The summed E-state index contributed by atoms with van der Waals surface area (Å²) in [5.74, 6) is 1.47. The molecule has 0 atom stereocenters. The van der Waals surface area contributed by atoms with Crippen molar-refractivity contribution in [2.75, 3.05) is 6.79 Å². The van der Waals surface area contributed by atoms with E-state index < -0.39 is 0 Å². The molecule has 0 fully saturated rings. The maximum absolute atomic E-state index is 9.38. The molecule has 0 saturated carbocycles. The highest BCUT2D eigenvalue weighted by Crippen LogP contribution is 2.33. The van der Waals surface area contributed by atoms with E-state index in [2.05, 4.69) is 6.07 Å². The zero-order valence-electron chi connectivity index (χ0n) is 11.1. The fourth-order valence-corrected chi connectivity index (χ4v) is 2.21. The first-order valence-electron chi connectivity index (χ1n) is 6.35. The van der Waals surface area contributed by atoms with Crippen LogP contribution < -0.4 is 9.47 Å². The monoisotopic (exact) mass is 263 g/mol. The van der Waals surface area contributed by atoms with Gasteiger partial charge in [0.1, 0.15) is 0 Å². The molecular formula is C17H13NO2. The van der Waals surface area contributed by atoms with Crippen LogP contribution in [0.5, 0.6) is 11.5 Å². The van der Waals surface area contributed by atoms with Crippen LogP contribution in [0.3, 0.4) is 0 Å². The molecule has 1 aliphatic rings. The SMILES string of the molecule is Cc1ccccc1/C(C#N)=C\c1ccc2c(c1)OCO2. The molecule has 3 nitrogen and oxygen atoms in total. The zero-order valence-corrected chi connectivity index (χ0v) is 11.1. The lowest BCUT2D eigenvalue weighted by Crippen LogP contribution is -1.92. The summed E-state index contributed by atoms with van der Waals surface area (Å²) < 4.78 is 10.6. The standard InChI is InChI=1S/C17H13NO2/c1-12-4-2-3-5-15(12)14(10-18)8-13-6-7-16-17(9-13)20-11-19-16/h2-9H,11H2,1H3/b14-8-. The number of hydrogen-bond donors (Lipinski definition) is 0. The van der Waals surface area contributed by atoms with Gasteiger partial charge in [-0.2, -0.15) is 5.26 Å². The molecule has 0 bridgehead atoms. The van der Waals surface area contributed by atoms with E-state index in [0.29, 0.717) is 5.57 Å². The number of hydrogen-bond acceptors (Lipinski definition) is 3. The van der Waals surface area contributed by atoms with Crippen LogP contribution in [0.15, 0.2) is 42.5 Å². The van der Waals surface area contributed by atoms with Gasteiger partial charge in [-0.1, -0.05) is 30.3 Å². The summed E-state index contributed by atoms with van der Waals surface area (Å²) in [5.41, 5.74) is 3.60. The predicted octanol–water partition coefficient (Wildman–Crippen LogP) is 3.79. The lowest BCUT2D eigenvalue weighted by Gasteiger charge is -2.04. The van der Waals surface area contributed by atoms with Crippen molar-refractivity contribution in [3.63, 3.8) is 0 Å². The molecular weight excluding hydrogens is 250 g/mol. The molecule has 2 aromatic carbocycles. The van der Waals surface area contributed by atoms with Gasteiger partial charge in [0.25, 0.3) is 0 Å². The summed E-state index contributed by atoms with van der Waals surface area (Å²) >= 11 is 0. The lowest BCUT2D eigenvalue weighted by atomic mass is 9.99. The molecule has 0 amide bonds. The van der Waals surface area contributed by atoms with Gasteiger partial charge in [-0.3, -0.25) is 0 Å². The van der Waals surface area contributed by atoms with Crippen LogP contribution in [0.4, 0.5) is 0 Å². The van der Waals surface area contributed by atoms with Crippen molar-refractivity contribution in [3.8, 4) is 17.6 Å². The minimum absolute atomic E-state index is 0.255. The van der Waals surface area contributed by atoms with Crippen molar-refractivity contribution in [3.05, 3.63) is 59.2 Å². The highest BCUT2D eigenvalue weighted by molar-refractivity contribution is 5.90. The van der Waals surface area contributed by atoms with E-state index in [1.54, 1.807) is 0 Å². The van der Waals surface area contributed by atoms with Crippen LogP contribution in [0, 0.1) is 18.3 Å². The van der Waals surface area contributed by atoms with Crippen molar-refractivity contribution >= 4 is 11.6 Å². The largest absolute Gasteiger partial charge is 0.454 e. The van der Waals surface area contributed by atoms with E-state index in [-0.39, 0.29) is 6.79 Å². The first kappa shape index (κ1) is 12.3. The van der Waals surface area contributed by atoms with Crippen molar-refractivity contribution in [1.82, 2.24) is 0 Å². The lowest BCUT2D eigenvalue weighted by molar-refractivity contribution is 0.174. The molecule has 0 N–H and O–H groups in total. The van der Waals surface area contributed by atoms with Gasteiger partial charge in [0.2, 0.25) is 6.79 Å². The highest BCUT2D eigenvalue weighted by Gasteiger charge is 2.13. The number of rotatable bonds is 2. The van der Waals surface area contributed by atoms with Gasteiger partial charge in [0, 0.05) is 0 Å². The molecule has 0 spiro atoms. The quantitative estimate of drug-likeness (QED) is 0.611. The van der Waals surface area contributed by atoms with Crippen LogP contribution in [-0.4, -0.2) is 6.79 Å². The Hall–Kier alpha value is -2.73. The Bertz CT molecular complexity index is 726. The number of aryl methyl sites for hydroxylation is 1. The summed E-state index contributed by atoms with van der Waals surface area (Å²) in [6.07, 6.45) is 1.87. The summed E-state index contributed by atoms with van der Waals surface area (Å²) in [6, 6.07) is 15.8. The van der Waals surface area contributed by atoms with Crippen molar-refractivity contribution in [2.24, 2.45) is 0 Å². The Labute approximate surface area is 117 Å². The van der Waals surface area contributed by atoms with Crippen molar-refractivity contribution in [2.45, 2.75) is 6.92 Å². The smallest absolute Gasteiger partial charge is 0.231 e. The molecule has 98 valence electrons. The average Bonchev–Trinajstić information content (AvgIpc) is 2.93. The Balaban J connectivity index is 2.02. The fraction of sp³-hybridized carbons (Fsp3) is 0.118. The van der Waals surface area contributed by atoms with Crippen LogP contribution >= 0.6 is 0 Å². The maximum Gasteiger partial charge on any atom is 0.231 e. The fourth-order valence-electron chi connectivity index (χ4n) is 2.21. The number of allylic oxidation sites excluding steroid dienone is 1. The zero-order chi connectivity index (χ0) is 13.9. The van der Waals surface area contributed by atoms with Crippen LogP contribution in [-0.2, 0) is 0 Å². The number of fused-ring (bicyclic) bond motifs is 1. The second-order valence-electron chi connectivity index (χ2n) is 4.60. The molecule has 0 aliphatic carbocycles. The molecule has 3 rings (SSSR count). The van der Waals surface area contributed by atoms with Crippen LogP contribution in [0.2, 0.25) is 0 Å². The van der Waals surface area contributed by atoms with Gasteiger partial charge in [0.05, 0.1) is 11.6 Å². The van der Waals surface area contributed by atoms with E-state index >= 15 is 0 Å². The van der Waals surface area contributed by atoms with E-state index in [9.17, 15) is 5.26 Å². The first-order valence-corrected chi connectivity index (χ1v) is 6.35. The number of nitrogens with zero attached hydrogens (tertiary/aromatic N) is 1. The third kappa shape index (κ3) is 2.24. The molecule has 0 aromatic heterocycles. The Kier molecular flexibility index (Phi) is 3.14. The number of benzene rings is 2. The number of nitriles is 1. The normalized spacial score (nSPS) is 13.1. The van der Waals surface area contributed by atoms with Crippen molar-refractivity contribution < 1.29 is 9.47 Å². The summed E-state index contributed by atoms with van der Waals surface area (Å²) in [5, 5.41) is 9.38. The van der Waals surface area contributed by atoms with E-state index in [1.807, 2.05) is 55.5 Å². The molecule has 1 aliphatic heterocycles. The topological polar surface area (TPSA) is 42.2 Å². The van der Waals surface area contributed by atoms with Gasteiger partial charge in [-0.05, 0) is 41.8 Å². The Morgan fingerprint density at radius 2 is 1.95 bits per heavy atom. The predicted molar refractivity (Wildman–Crippen MR) is 77.2 cm³/mol. The van der Waals surface area contributed by atoms with E-state index in [0.717, 1.165) is 28.2 Å². The van der Waals surface area contributed by atoms with Gasteiger partial charge in [-0.15, -0.1) is 0 Å². The maximum atomic E-state index is 9.38. The summed E-state index contributed by atoms with van der Waals surface area (Å²) in [7, 11) is 0. The third-order valence-corrected chi connectivity index (χ3v) is 3.26. The van der Waals surface area contributed by atoms with Gasteiger partial charge < -0.3 is 9.47 Å². The molecule has 0 saturated heterocycles. The minimum atomic E-state index is 0.255. The molecule has 3 heteroatoms. The summed E-state index contributed by atoms with van der Waals surface area (Å²) in [6.45, 7) is 2.26. The van der Waals surface area contributed by atoms with Gasteiger partial charge in [0.15, 0.2) is 11.5 Å². The molecule has 1 heterocycles. The second-order valence-corrected chi connectivity index (χ2v) is 4.60.